The summed E-state index contributed by atoms with van der Waals surface area (Å²) in [6, 6.07) is 11.8. The van der Waals surface area contributed by atoms with Gasteiger partial charge in [0.05, 0.1) is 11.2 Å². The van der Waals surface area contributed by atoms with Gasteiger partial charge in [-0.2, -0.15) is 5.26 Å². The molecule has 2 heterocycles. The van der Waals surface area contributed by atoms with Crippen LogP contribution >= 0.6 is 0 Å². The van der Waals surface area contributed by atoms with Crippen LogP contribution in [0.4, 0.5) is 5.82 Å². The zero-order chi connectivity index (χ0) is 15.0. The van der Waals surface area contributed by atoms with Crippen molar-refractivity contribution in [2.24, 2.45) is 0 Å². The van der Waals surface area contributed by atoms with E-state index in [0.29, 0.717) is 22.8 Å². The molecule has 0 saturated carbocycles. The molecule has 2 aromatic heterocycles. The Morgan fingerprint density at radius 1 is 1.10 bits per heavy atom. The molecule has 2 N–H and O–H groups in total. The molecule has 102 valence electrons. The van der Waals surface area contributed by atoms with Crippen molar-refractivity contribution in [2.75, 3.05) is 5.73 Å². The van der Waals surface area contributed by atoms with Gasteiger partial charge in [-0.3, -0.25) is 0 Å². The molecule has 0 atom stereocenters. The Morgan fingerprint density at radius 2 is 1.86 bits per heavy atom. The molecular weight excluding hydrogens is 262 g/mol. The summed E-state index contributed by atoms with van der Waals surface area (Å²) < 4.78 is 0. The summed E-state index contributed by atoms with van der Waals surface area (Å²) in [6.07, 6.45) is 0. The van der Waals surface area contributed by atoms with Gasteiger partial charge >= 0.3 is 0 Å². The summed E-state index contributed by atoms with van der Waals surface area (Å²) in [5.74, 6) is 0.630. The predicted molar refractivity (Wildman–Crippen MR) is 81.4 cm³/mol. The average molecular weight is 275 g/mol. The molecule has 0 aliphatic heterocycles. The molecule has 0 amide bonds. The quantitative estimate of drug-likeness (QED) is 0.737. The third-order valence-electron chi connectivity index (χ3n) is 3.38. The molecule has 0 saturated heterocycles. The van der Waals surface area contributed by atoms with Gasteiger partial charge in [-0.25, -0.2) is 15.0 Å². The Morgan fingerprint density at radius 3 is 2.57 bits per heavy atom. The van der Waals surface area contributed by atoms with Crippen molar-refractivity contribution in [3.8, 4) is 17.6 Å². The number of para-hydroxylation sites is 1. The van der Waals surface area contributed by atoms with E-state index in [0.717, 1.165) is 16.5 Å². The first kappa shape index (κ1) is 13.0. The summed E-state index contributed by atoms with van der Waals surface area (Å²) in [5, 5.41) is 10.1. The molecule has 0 spiro atoms. The van der Waals surface area contributed by atoms with Crippen molar-refractivity contribution in [1.82, 2.24) is 15.0 Å². The molecule has 0 bridgehead atoms. The number of nitriles is 1. The third-order valence-corrected chi connectivity index (χ3v) is 3.38. The molecule has 3 rings (SSSR count). The van der Waals surface area contributed by atoms with Gasteiger partial charge in [-0.15, -0.1) is 0 Å². The molecule has 0 unspecified atom stereocenters. The minimum atomic E-state index is 0.188. The molecule has 5 heteroatoms. The number of fused-ring (bicyclic) bond motifs is 1. The minimum Gasteiger partial charge on any atom is -0.382 e. The van der Waals surface area contributed by atoms with Crippen LogP contribution in [0, 0.1) is 25.2 Å². The van der Waals surface area contributed by atoms with Gasteiger partial charge < -0.3 is 5.73 Å². The Kier molecular flexibility index (Phi) is 2.99. The van der Waals surface area contributed by atoms with E-state index >= 15 is 0 Å². The van der Waals surface area contributed by atoms with E-state index in [1.165, 1.54) is 0 Å². The number of nitrogens with zero attached hydrogens (tertiary/aromatic N) is 4. The number of nitrogen functional groups attached to an aromatic ring is 1. The van der Waals surface area contributed by atoms with Gasteiger partial charge in [-0.05, 0) is 31.5 Å². The minimum absolute atomic E-state index is 0.188. The topological polar surface area (TPSA) is 88.5 Å². The monoisotopic (exact) mass is 275 g/mol. The highest BCUT2D eigenvalue weighted by Gasteiger charge is 2.12. The lowest BCUT2D eigenvalue weighted by atomic mass is 10.1. The Balaban J connectivity index is 2.24. The number of pyridine rings is 1. The number of hydrogen-bond donors (Lipinski definition) is 1. The van der Waals surface area contributed by atoms with E-state index in [4.69, 9.17) is 11.0 Å². The molecule has 0 fully saturated rings. The van der Waals surface area contributed by atoms with Gasteiger partial charge in [0.15, 0.2) is 5.82 Å². The number of anilines is 1. The van der Waals surface area contributed by atoms with Gasteiger partial charge in [-0.1, -0.05) is 18.2 Å². The van der Waals surface area contributed by atoms with E-state index in [1.54, 1.807) is 6.92 Å². The van der Waals surface area contributed by atoms with Crippen molar-refractivity contribution in [2.45, 2.75) is 13.8 Å². The maximum atomic E-state index is 9.02. The number of hydrogen-bond acceptors (Lipinski definition) is 5. The smallest absolute Gasteiger partial charge is 0.180 e. The Bertz CT molecular complexity index is 870. The predicted octanol–water partition coefficient (Wildman–Crippen LogP) is 2.76. The Labute approximate surface area is 122 Å². The lowest BCUT2D eigenvalue weighted by Crippen LogP contribution is -2.04. The van der Waals surface area contributed by atoms with E-state index in [9.17, 15) is 0 Å². The first-order valence-corrected chi connectivity index (χ1v) is 6.51. The molecule has 0 aliphatic rings. The van der Waals surface area contributed by atoms with Crippen molar-refractivity contribution in [1.29, 1.82) is 5.26 Å². The van der Waals surface area contributed by atoms with Crippen LogP contribution in [-0.4, -0.2) is 15.0 Å². The second-order valence-electron chi connectivity index (χ2n) is 4.85. The average Bonchev–Trinajstić information content (AvgIpc) is 2.47. The summed E-state index contributed by atoms with van der Waals surface area (Å²) >= 11 is 0. The number of aryl methyl sites for hydroxylation is 2. The highest BCUT2D eigenvalue weighted by molar-refractivity contribution is 5.84. The standard InChI is InChI=1S/C16H13N5/c1-9-7-14(20-13-6-4-3-5-11(9)13)16-19-10(2)12(8-17)15(18)21-16/h3-7H,1-2H3,(H2,18,19,21). The van der Waals surface area contributed by atoms with Crippen LogP contribution < -0.4 is 5.73 Å². The fraction of sp³-hybridized carbons (Fsp3) is 0.125. The molecule has 21 heavy (non-hydrogen) atoms. The van der Waals surface area contributed by atoms with E-state index in [-0.39, 0.29) is 5.82 Å². The fourth-order valence-corrected chi connectivity index (χ4v) is 2.31. The fourth-order valence-electron chi connectivity index (χ4n) is 2.31. The van der Waals surface area contributed by atoms with Gasteiger partial charge in [0.25, 0.3) is 0 Å². The lowest BCUT2D eigenvalue weighted by Gasteiger charge is -2.08. The second-order valence-corrected chi connectivity index (χ2v) is 4.85. The molecule has 3 aromatic rings. The summed E-state index contributed by atoms with van der Waals surface area (Å²) in [7, 11) is 0. The van der Waals surface area contributed by atoms with E-state index in [2.05, 4.69) is 15.0 Å². The zero-order valence-electron chi connectivity index (χ0n) is 11.8. The van der Waals surface area contributed by atoms with E-state index in [1.807, 2.05) is 43.3 Å². The van der Waals surface area contributed by atoms with Crippen LogP contribution in [0.2, 0.25) is 0 Å². The molecule has 0 aliphatic carbocycles. The summed E-state index contributed by atoms with van der Waals surface area (Å²) in [4.78, 5) is 13.1. The molecule has 0 radical (unpaired) electrons. The van der Waals surface area contributed by atoms with Crippen molar-refractivity contribution in [3.63, 3.8) is 0 Å². The molecular formula is C16H13N5. The van der Waals surface area contributed by atoms with Crippen LogP contribution in [0.3, 0.4) is 0 Å². The molecule has 1 aromatic carbocycles. The number of aromatic nitrogens is 3. The Hall–Kier alpha value is -3.00. The zero-order valence-corrected chi connectivity index (χ0v) is 11.8. The first-order chi connectivity index (χ1) is 10.1. The van der Waals surface area contributed by atoms with Crippen LogP contribution in [0.15, 0.2) is 30.3 Å². The maximum absolute atomic E-state index is 9.02. The van der Waals surface area contributed by atoms with E-state index < -0.39 is 0 Å². The summed E-state index contributed by atoms with van der Waals surface area (Å²) in [6.45, 7) is 3.77. The number of benzene rings is 1. The van der Waals surface area contributed by atoms with Crippen LogP contribution in [-0.2, 0) is 0 Å². The van der Waals surface area contributed by atoms with Gasteiger partial charge in [0, 0.05) is 5.39 Å². The SMILES string of the molecule is Cc1nc(-c2cc(C)c3ccccc3n2)nc(N)c1C#N. The van der Waals surface area contributed by atoms with Crippen molar-refractivity contribution < 1.29 is 0 Å². The molecule has 5 nitrogen and oxygen atoms in total. The number of rotatable bonds is 1. The largest absolute Gasteiger partial charge is 0.382 e. The lowest BCUT2D eigenvalue weighted by molar-refractivity contribution is 1.09. The number of nitrogens with two attached hydrogens (primary N) is 1. The van der Waals surface area contributed by atoms with Crippen LogP contribution in [0.25, 0.3) is 22.4 Å². The van der Waals surface area contributed by atoms with Gasteiger partial charge in [0.2, 0.25) is 0 Å². The highest BCUT2D eigenvalue weighted by atomic mass is 15.0. The maximum Gasteiger partial charge on any atom is 0.180 e. The van der Waals surface area contributed by atoms with Crippen molar-refractivity contribution >= 4 is 16.7 Å². The van der Waals surface area contributed by atoms with Gasteiger partial charge in [0.1, 0.15) is 23.1 Å². The van der Waals surface area contributed by atoms with Crippen molar-refractivity contribution in [3.05, 3.63) is 47.2 Å². The van der Waals surface area contributed by atoms with Crippen LogP contribution in [0.1, 0.15) is 16.8 Å². The highest BCUT2D eigenvalue weighted by Crippen LogP contribution is 2.24. The van der Waals surface area contributed by atoms with Crippen LogP contribution in [0.5, 0.6) is 0 Å². The second kappa shape index (κ2) is 4.84. The third kappa shape index (κ3) is 2.17. The first-order valence-electron chi connectivity index (χ1n) is 6.51. The normalized spacial score (nSPS) is 10.5. The summed E-state index contributed by atoms with van der Waals surface area (Å²) in [5.41, 5.74) is 9.34.